The Balaban J connectivity index is 1.72. The molecule has 0 aromatic carbocycles. The molecule has 0 saturated carbocycles. The molecule has 0 aliphatic carbocycles. The van der Waals surface area contributed by atoms with Gasteiger partial charge in [-0.15, -0.1) is 0 Å². The zero-order valence-electron chi connectivity index (χ0n) is 18.0. The largest absolute Gasteiger partial charge is 0.354 e. The summed E-state index contributed by atoms with van der Waals surface area (Å²) in [5, 5.41) is 3.11. The van der Waals surface area contributed by atoms with Gasteiger partial charge in [0.15, 0.2) is 0 Å². The molecule has 158 valence electrons. The number of piperazine rings is 1. The molecule has 0 atom stereocenters. The second-order valence-corrected chi connectivity index (χ2v) is 8.00. The minimum absolute atomic E-state index is 0.0284. The number of anilines is 1. The second-order valence-electron chi connectivity index (χ2n) is 8.00. The molecule has 29 heavy (non-hydrogen) atoms. The van der Waals surface area contributed by atoms with Gasteiger partial charge in [0.25, 0.3) is 5.91 Å². The molecular formula is C22H33N5O2. The smallest absolute Gasteiger partial charge is 0.252 e. The van der Waals surface area contributed by atoms with E-state index < -0.39 is 0 Å². The Hall–Kier alpha value is -2.54. The highest BCUT2D eigenvalue weighted by molar-refractivity contribution is 5.94. The van der Waals surface area contributed by atoms with Crippen LogP contribution in [0.2, 0.25) is 0 Å². The molecule has 2 aromatic rings. The lowest BCUT2D eigenvalue weighted by molar-refractivity contribution is -0.132. The van der Waals surface area contributed by atoms with Crippen LogP contribution in [0.25, 0.3) is 5.52 Å². The van der Waals surface area contributed by atoms with Gasteiger partial charge in [-0.1, -0.05) is 13.8 Å². The van der Waals surface area contributed by atoms with Crippen molar-refractivity contribution in [3.8, 4) is 0 Å². The van der Waals surface area contributed by atoms with Crippen LogP contribution in [-0.4, -0.2) is 78.9 Å². The van der Waals surface area contributed by atoms with Crippen molar-refractivity contribution in [2.75, 3.05) is 51.7 Å². The number of amides is 2. The summed E-state index contributed by atoms with van der Waals surface area (Å²) in [5.41, 5.74) is 1.73. The SMILES string of the molecule is CCC(CC)NC(=O)c1ccc2ccc(N3CCN(C(=O)CN(C)C)CC3)n2c1. The van der Waals surface area contributed by atoms with Crippen molar-refractivity contribution >= 4 is 23.1 Å². The summed E-state index contributed by atoms with van der Waals surface area (Å²) in [6, 6.07) is 8.24. The average molecular weight is 400 g/mol. The molecule has 2 amide bonds. The Morgan fingerprint density at radius 3 is 2.31 bits per heavy atom. The molecule has 7 heteroatoms. The van der Waals surface area contributed by atoms with Crippen molar-refractivity contribution in [2.45, 2.75) is 32.7 Å². The number of nitrogens with zero attached hydrogens (tertiary/aromatic N) is 4. The Morgan fingerprint density at radius 1 is 1.03 bits per heavy atom. The van der Waals surface area contributed by atoms with E-state index in [9.17, 15) is 9.59 Å². The number of fused-ring (bicyclic) bond motifs is 1. The second kappa shape index (κ2) is 9.31. The summed E-state index contributed by atoms with van der Waals surface area (Å²) in [6.45, 7) is 7.63. The fraction of sp³-hybridized carbons (Fsp3) is 0.545. The standard InChI is InChI=1S/C22H33N5O2/c1-5-18(6-2)23-22(29)17-7-8-19-9-10-20(27(19)15-17)25-11-13-26(14-12-25)21(28)16-24(3)4/h7-10,15,18H,5-6,11-14,16H2,1-4H3,(H,23,29). The molecule has 1 saturated heterocycles. The maximum atomic E-state index is 12.6. The molecule has 1 aliphatic heterocycles. The molecule has 2 aromatic heterocycles. The highest BCUT2D eigenvalue weighted by Gasteiger charge is 2.23. The number of carbonyl (C=O) groups excluding carboxylic acids is 2. The zero-order chi connectivity index (χ0) is 21.0. The van der Waals surface area contributed by atoms with Crippen LogP contribution in [0.15, 0.2) is 30.5 Å². The molecule has 0 spiro atoms. The van der Waals surface area contributed by atoms with Crippen molar-refractivity contribution < 1.29 is 9.59 Å². The van der Waals surface area contributed by atoms with Crippen LogP contribution in [0.4, 0.5) is 5.82 Å². The first-order chi connectivity index (χ1) is 13.9. The quantitative estimate of drug-likeness (QED) is 0.774. The first-order valence-electron chi connectivity index (χ1n) is 10.5. The number of aromatic nitrogens is 1. The van der Waals surface area contributed by atoms with E-state index in [0.29, 0.717) is 12.1 Å². The number of pyridine rings is 1. The van der Waals surface area contributed by atoms with Gasteiger partial charge in [-0.2, -0.15) is 0 Å². The maximum absolute atomic E-state index is 12.6. The molecule has 1 fully saturated rings. The molecule has 0 radical (unpaired) electrons. The van der Waals surface area contributed by atoms with Gasteiger partial charge in [0, 0.05) is 43.9 Å². The number of nitrogens with one attached hydrogen (secondary N) is 1. The zero-order valence-corrected chi connectivity index (χ0v) is 18.0. The predicted molar refractivity (Wildman–Crippen MR) is 117 cm³/mol. The van der Waals surface area contributed by atoms with Crippen LogP contribution >= 0.6 is 0 Å². The fourth-order valence-electron chi connectivity index (χ4n) is 3.80. The summed E-state index contributed by atoms with van der Waals surface area (Å²) < 4.78 is 2.08. The molecule has 3 heterocycles. The third-order valence-corrected chi connectivity index (χ3v) is 5.62. The molecule has 1 N–H and O–H groups in total. The van der Waals surface area contributed by atoms with E-state index in [1.165, 1.54) is 0 Å². The summed E-state index contributed by atoms with van der Waals surface area (Å²) in [6.07, 6.45) is 3.78. The lowest BCUT2D eigenvalue weighted by Gasteiger charge is -2.36. The summed E-state index contributed by atoms with van der Waals surface area (Å²) in [4.78, 5) is 31.1. The highest BCUT2D eigenvalue weighted by Crippen LogP contribution is 2.22. The van der Waals surface area contributed by atoms with Gasteiger partial charge in [-0.25, -0.2) is 0 Å². The van der Waals surface area contributed by atoms with E-state index in [4.69, 9.17) is 0 Å². The number of rotatable bonds is 7. The third kappa shape index (κ3) is 4.90. The first kappa shape index (κ1) is 21.2. The van der Waals surface area contributed by atoms with Crippen molar-refractivity contribution in [2.24, 2.45) is 0 Å². The van der Waals surface area contributed by atoms with E-state index >= 15 is 0 Å². The maximum Gasteiger partial charge on any atom is 0.252 e. The number of likely N-dealkylation sites (N-methyl/N-ethyl adjacent to an activating group) is 1. The molecular weight excluding hydrogens is 366 g/mol. The van der Waals surface area contributed by atoms with Crippen molar-refractivity contribution in [3.05, 3.63) is 36.0 Å². The van der Waals surface area contributed by atoms with E-state index in [-0.39, 0.29) is 17.9 Å². The van der Waals surface area contributed by atoms with Crippen LogP contribution < -0.4 is 10.2 Å². The van der Waals surface area contributed by atoms with E-state index in [1.54, 1.807) is 0 Å². The predicted octanol–water partition coefficient (Wildman–Crippen LogP) is 2.07. The van der Waals surface area contributed by atoms with Gasteiger partial charge in [-0.3, -0.25) is 9.59 Å². The molecule has 7 nitrogen and oxygen atoms in total. The fourth-order valence-corrected chi connectivity index (χ4v) is 3.80. The monoisotopic (exact) mass is 399 g/mol. The van der Waals surface area contributed by atoms with Crippen LogP contribution in [0.3, 0.4) is 0 Å². The topological polar surface area (TPSA) is 60.3 Å². The van der Waals surface area contributed by atoms with Crippen molar-refractivity contribution in [3.63, 3.8) is 0 Å². The highest BCUT2D eigenvalue weighted by atomic mass is 16.2. The van der Waals surface area contributed by atoms with Gasteiger partial charge in [0.05, 0.1) is 12.1 Å². The Kier molecular flexibility index (Phi) is 6.79. The normalized spacial score (nSPS) is 14.8. The van der Waals surface area contributed by atoms with Gasteiger partial charge in [0.1, 0.15) is 5.82 Å². The number of hydrogen-bond acceptors (Lipinski definition) is 4. The summed E-state index contributed by atoms with van der Waals surface area (Å²) in [7, 11) is 3.83. The summed E-state index contributed by atoms with van der Waals surface area (Å²) in [5.74, 6) is 1.21. The Labute approximate surface area is 173 Å². The van der Waals surface area contributed by atoms with Crippen LogP contribution in [-0.2, 0) is 4.79 Å². The van der Waals surface area contributed by atoms with Gasteiger partial charge in [0.2, 0.25) is 5.91 Å². The van der Waals surface area contributed by atoms with Crippen molar-refractivity contribution in [1.82, 2.24) is 19.5 Å². The minimum Gasteiger partial charge on any atom is -0.354 e. The van der Waals surface area contributed by atoms with Gasteiger partial charge in [-0.05, 0) is 51.2 Å². The van der Waals surface area contributed by atoms with Gasteiger partial charge >= 0.3 is 0 Å². The molecule has 3 rings (SSSR count). The van der Waals surface area contributed by atoms with Crippen LogP contribution in [0.1, 0.15) is 37.0 Å². The van der Waals surface area contributed by atoms with E-state index in [2.05, 4.69) is 40.6 Å². The van der Waals surface area contributed by atoms with Crippen LogP contribution in [0.5, 0.6) is 0 Å². The average Bonchev–Trinajstić information content (AvgIpc) is 3.14. The van der Waals surface area contributed by atoms with Crippen molar-refractivity contribution in [1.29, 1.82) is 0 Å². The first-order valence-corrected chi connectivity index (χ1v) is 10.5. The Morgan fingerprint density at radius 2 is 1.69 bits per heavy atom. The van der Waals surface area contributed by atoms with E-state index in [1.807, 2.05) is 42.2 Å². The third-order valence-electron chi connectivity index (χ3n) is 5.62. The molecule has 1 aliphatic rings. The minimum atomic E-state index is -0.0284. The number of carbonyl (C=O) groups is 2. The van der Waals surface area contributed by atoms with Crippen LogP contribution in [0, 0.1) is 0 Å². The van der Waals surface area contributed by atoms with Gasteiger partial charge < -0.3 is 24.4 Å². The lowest BCUT2D eigenvalue weighted by Crippen LogP contribution is -2.51. The molecule has 0 bridgehead atoms. The van der Waals surface area contributed by atoms with E-state index in [0.717, 1.165) is 50.4 Å². The molecule has 0 unspecified atom stereocenters. The Bertz CT molecular complexity index is 848. The number of hydrogen-bond donors (Lipinski definition) is 1. The summed E-state index contributed by atoms with van der Waals surface area (Å²) >= 11 is 0. The lowest BCUT2D eigenvalue weighted by atomic mass is 10.1.